The predicted molar refractivity (Wildman–Crippen MR) is 386 cm³/mol. The van der Waals surface area contributed by atoms with Crippen LogP contribution in [0, 0.1) is 23.2 Å². The number of amides is 5. The lowest BCUT2D eigenvalue weighted by molar-refractivity contribution is -0.248. The molecular weight excluding hydrogens is 1430 g/mol. The molecule has 107 heavy (non-hydrogen) atoms. The normalized spacial score (nSPS) is 25.1. The molecule has 6 fully saturated rings. The number of ether oxygens (including phenoxy) is 5. The van der Waals surface area contributed by atoms with Crippen LogP contribution in [0.5, 0.6) is 5.75 Å². The number of para-hydroxylation sites is 1. The van der Waals surface area contributed by atoms with E-state index in [-0.39, 0.29) is 72.9 Å². The molecule has 0 radical (unpaired) electrons. The molecular formula is C74H90N10O21S2. The van der Waals surface area contributed by atoms with Gasteiger partial charge < -0.3 is 74.6 Å². The van der Waals surface area contributed by atoms with E-state index in [4.69, 9.17) is 43.4 Å². The van der Waals surface area contributed by atoms with E-state index in [0.717, 1.165) is 65.6 Å². The van der Waals surface area contributed by atoms with Crippen molar-refractivity contribution in [2.45, 2.75) is 173 Å². The topological polar surface area (TPSA) is 428 Å². The van der Waals surface area contributed by atoms with Crippen LogP contribution in [0.25, 0.3) is 21.3 Å². The number of benzene rings is 3. The van der Waals surface area contributed by atoms with Gasteiger partial charge in [-0.25, -0.2) is 24.4 Å². The minimum Gasteiger partial charge on any atom is -0.481 e. The van der Waals surface area contributed by atoms with Gasteiger partial charge in [-0.05, 0) is 147 Å². The van der Waals surface area contributed by atoms with Crippen LogP contribution in [0.2, 0.25) is 0 Å². The van der Waals surface area contributed by atoms with Gasteiger partial charge in [0.15, 0.2) is 16.9 Å². The van der Waals surface area contributed by atoms with Crippen LogP contribution in [-0.4, -0.2) is 217 Å². The summed E-state index contributed by atoms with van der Waals surface area (Å²) in [6.45, 7) is 7.17. The number of carboxylic acid groups (broad SMARTS) is 3. The van der Waals surface area contributed by atoms with Gasteiger partial charge in [0.2, 0.25) is 24.0 Å². The molecule has 3 aromatic carbocycles. The number of aliphatic hydroxyl groups is 2. The van der Waals surface area contributed by atoms with Crippen LogP contribution in [-0.2, 0) is 85.6 Å². The van der Waals surface area contributed by atoms with Crippen LogP contribution < -0.4 is 25.6 Å². The summed E-state index contributed by atoms with van der Waals surface area (Å²) in [6, 6.07) is 20.1. The monoisotopic (exact) mass is 1520 g/mol. The molecule has 2 saturated heterocycles. The first-order valence-electron chi connectivity index (χ1n) is 35.8. The standard InChI is InChI=1S/C74H90N10O21S2/c1-43-50(48-17-18-58(79-62(48)67(95)96)82-23-21-45-11-9-12-49(51(45)32-82)64(91)80-69-78-52-13-5-6-14-57(52)106-69)31-76-84(43)42-73-37-71(2)36-72(3,38-73)40-74(39-71,41-73)103-25-24-81(4)70(97)102-34-46-16-15-44(28-55(46)104-68-63(90)54(85)30-56(105-68)66(93)94)10-7-8-22-75-60(87)33-83-47(35-101-26-27-107(98,99)100)29-53(65(83)92)77-59(86)19-20-61(88)89/h5-6,9,11-18,28,31,47,53-54,56,63,68,85,90H,7-8,10,19-27,29-30,32-42H2,1-4H3,(H,75,87)(H,77,86)(H,88,89)(H,93,94)(H,95,96)(H,78,80,91)(H,98,99,100)/t47-,53-,54-,56-,63+,68+,71?,72?,73?,74?/m0/s1. The van der Waals surface area contributed by atoms with Gasteiger partial charge >= 0.3 is 24.0 Å². The highest BCUT2D eigenvalue weighted by atomic mass is 32.2. The number of aromatic carboxylic acids is 1. The Hall–Kier alpha value is -9.22. The summed E-state index contributed by atoms with van der Waals surface area (Å²) in [5.74, 6) is -6.11. The zero-order valence-electron chi connectivity index (χ0n) is 59.9. The molecule has 6 heterocycles. The Kier molecular flexibility index (Phi) is 23.1. The summed E-state index contributed by atoms with van der Waals surface area (Å²) in [5, 5.41) is 64.8. The Labute approximate surface area is 621 Å². The van der Waals surface area contributed by atoms with E-state index in [0.29, 0.717) is 84.1 Å². The fourth-order valence-electron chi connectivity index (χ4n) is 17.5. The molecule has 574 valence electrons. The van der Waals surface area contributed by atoms with Crippen molar-refractivity contribution in [3.05, 3.63) is 118 Å². The van der Waals surface area contributed by atoms with E-state index in [1.165, 1.54) is 21.1 Å². The number of pyridine rings is 1. The van der Waals surface area contributed by atoms with Gasteiger partial charge in [0, 0.05) is 80.6 Å². The van der Waals surface area contributed by atoms with Crippen molar-refractivity contribution >= 4 is 90.3 Å². The average molecular weight is 1520 g/mol. The number of fused-ring (bicyclic) bond motifs is 2. The third-order valence-corrected chi connectivity index (χ3v) is 22.9. The molecule has 7 aliphatic rings. The molecule has 6 aromatic rings. The van der Waals surface area contributed by atoms with Gasteiger partial charge in [0.25, 0.3) is 16.0 Å². The number of aliphatic carboxylic acids is 2. The number of carboxylic acids is 3. The molecule has 3 aliphatic heterocycles. The molecule has 5 amide bonds. The lowest BCUT2D eigenvalue weighted by Gasteiger charge is -2.69. The minimum absolute atomic E-state index is 0.0238. The van der Waals surface area contributed by atoms with Crippen LogP contribution in [0.4, 0.5) is 15.7 Å². The van der Waals surface area contributed by atoms with Gasteiger partial charge in [-0.2, -0.15) is 13.5 Å². The fourth-order valence-corrected chi connectivity index (χ4v) is 18.7. The summed E-state index contributed by atoms with van der Waals surface area (Å²) in [4.78, 5) is 117. The number of hydrogen-bond donors (Lipinski definition) is 9. The molecule has 13 rings (SSSR count). The molecule has 33 heteroatoms. The number of anilines is 2. The largest absolute Gasteiger partial charge is 0.481 e. The minimum atomic E-state index is -4.35. The van der Waals surface area contributed by atoms with Crippen molar-refractivity contribution in [1.82, 2.24) is 40.2 Å². The number of rotatable bonds is 32. The van der Waals surface area contributed by atoms with Crippen molar-refractivity contribution in [2.24, 2.45) is 16.2 Å². The molecule has 0 spiro atoms. The maximum atomic E-state index is 13.9. The van der Waals surface area contributed by atoms with Gasteiger partial charge in [0.1, 0.15) is 30.3 Å². The van der Waals surface area contributed by atoms with Crippen LogP contribution >= 0.6 is 11.3 Å². The number of unbranched alkanes of at least 4 members (excludes halogenated alkanes) is 1. The summed E-state index contributed by atoms with van der Waals surface area (Å²) in [6.07, 6.45) is 0.652. The lowest BCUT2D eigenvalue weighted by Crippen LogP contribution is -2.64. The average Bonchev–Trinajstić information content (AvgIpc) is 0.909. The van der Waals surface area contributed by atoms with Gasteiger partial charge in [-0.15, -0.1) is 0 Å². The lowest BCUT2D eigenvalue weighted by atomic mass is 9.39. The third-order valence-electron chi connectivity index (χ3n) is 21.3. The molecule has 4 bridgehead atoms. The SMILES string of the molecule is Cc1c(-c2ccc(N3CCc4cccc(C(=O)Nc5nc6ccccc6s5)c4C3)nc2C(=O)O)cnn1CC12CC3(C)CC(C)(C1)CC(OCCN(C)C(=O)OCc1ccc(CCCCNC(=O)CN4C(=O)[C@@H](NC(=O)CCC(=O)O)C[C@H]4COCCS(=O)(=O)O)cc1O[C@@H]1O[C@H](C(=O)O)C[C@H](O)[C@H]1O)(C3)C2. The van der Waals surface area contributed by atoms with Gasteiger partial charge in [-0.3, -0.25) is 38.5 Å². The van der Waals surface area contributed by atoms with Gasteiger partial charge in [0.05, 0.1) is 72.7 Å². The highest BCUT2D eigenvalue weighted by molar-refractivity contribution is 7.85. The van der Waals surface area contributed by atoms with Crippen molar-refractivity contribution in [3.8, 4) is 16.9 Å². The fraction of sp³-hybridized carbons (Fsp3) is 0.527. The number of thiazole rings is 1. The molecule has 31 nitrogen and oxygen atoms in total. The summed E-state index contributed by atoms with van der Waals surface area (Å²) >= 11 is 1.40. The number of hydrogen-bond acceptors (Lipinski definition) is 22. The Morgan fingerprint density at radius 1 is 0.860 bits per heavy atom. The van der Waals surface area contributed by atoms with Crippen molar-refractivity contribution in [2.75, 3.05) is 69.0 Å². The molecule has 2 unspecified atom stereocenters. The van der Waals surface area contributed by atoms with E-state index in [1.54, 1.807) is 43.6 Å². The predicted octanol–water partition coefficient (Wildman–Crippen LogP) is 6.37. The van der Waals surface area contributed by atoms with Crippen molar-refractivity contribution in [1.29, 1.82) is 0 Å². The van der Waals surface area contributed by atoms with E-state index < -0.39 is 132 Å². The molecule has 4 saturated carbocycles. The number of aryl methyl sites for hydroxylation is 1. The number of nitrogens with one attached hydrogen (secondary N) is 3. The number of carbonyl (C=O) groups excluding carboxylic acids is 5. The Bertz CT molecular complexity index is 4460. The second kappa shape index (κ2) is 31.9. The molecule has 4 aliphatic carbocycles. The molecule has 8 atom stereocenters. The van der Waals surface area contributed by atoms with E-state index >= 15 is 0 Å². The Morgan fingerprint density at radius 2 is 1.64 bits per heavy atom. The second-order valence-electron chi connectivity index (χ2n) is 30.1. The Balaban J connectivity index is 0.654. The first-order valence-corrected chi connectivity index (χ1v) is 38.2. The molecule has 3 aromatic heterocycles. The third kappa shape index (κ3) is 18.3. The highest BCUT2D eigenvalue weighted by Crippen LogP contribution is 2.72. The maximum absolute atomic E-state index is 13.9. The summed E-state index contributed by atoms with van der Waals surface area (Å²) in [7, 11) is -2.76. The number of aliphatic hydroxyl groups excluding tert-OH is 2. The van der Waals surface area contributed by atoms with Crippen molar-refractivity contribution in [3.63, 3.8) is 0 Å². The number of carbonyl (C=O) groups is 8. The summed E-state index contributed by atoms with van der Waals surface area (Å²) in [5.41, 5.74) is 5.10. The number of likely N-dealkylation sites (tertiary alicyclic amines) is 1. The zero-order valence-corrected chi connectivity index (χ0v) is 61.5. The first kappa shape index (κ1) is 77.4. The maximum Gasteiger partial charge on any atom is 0.409 e. The second-order valence-corrected chi connectivity index (χ2v) is 32.7. The van der Waals surface area contributed by atoms with E-state index in [9.17, 15) is 67.2 Å². The number of likely N-dealkylation sites (N-methyl/N-ethyl adjacent to an activating group) is 1. The Morgan fingerprint density at radius 3 is 2.37 bits per heavy atom. The van der Waals surface area contributed by atoms with Crippen molar-refractivity contribution < 1.29 is 101 Å². The first-order chi connectivity index (χ1) is 50.8. The quantitative estimate of drug-likeness (QED) is 0.0163. The summed E-state index contributed by atoms with van der Waals surface area (Å²) < 4.78 is 64.5. The van der Waals surface area contributed by atoms with Gasteiger partial charge in [-0.1, -0.05) is 61.6 Å². The highest BCUT2D eigenvalue weighted by Gasteiger charge is 2.66. The van der Waals surface area contributed by atoms with Crippen LogP contribution in [0.3, 0.4) is 0 Å². The number of aromatic nitrogens is 4. The van der Waals surface area contributed by atoms with Crippen LogP contribution in [0.1, 0.15) is 140 Å². The zero-order chi connectivity index (χ0) is 76.3. The smallest absolute Gasteiger partial charge is 0.409 e. The molecule has 9 N–H and O–H groups in total. The van der Waals surface area contributed by atoms with Crippen LogP contribution in [0.15, 0.2) is 79.0 Å². The number of nitrogens with zero attached hydrogens (tertiary/aromatic N) is 7. The van der Waals surface area contributed by atoms with E-state index in [1.807, 2.05) is 59.0 Å². The van der Waals surface area contributed by atoms with E-state index in [2.05, 4.69) is 34.8 Å².